The van der Waals surface area contributed by atoms with Crippen LogP contribution in [0.4, 0.5) is 0 Å². The molecule has 0 aliphatic heterocycles. The van der Waals surface area contributed by atoms with Gasteiger partial charge in [0.1, 0.15) is 0 Å². The average Bonchev–Trinajstić information content (AvgIpc) is 2.50. The van der Waals surface area contributed by atoms with Crippen LogP contribution in [-0.2, 0) is 43.9 Å². The van der Waals surface area contributed by atoms with Crippen LogP contribution in [0.25, 0.3) is 0 Å². The van der Waals surface area contributed by atoms with E-state index in [4.69, 9.17) is 0 Å². The number of hydrogen-bond donors (Lipinski definition) is 1. The Kier molecular flexibility index (Phi) is 4.07. The average molecular weight is 249 g/mol. The summed E-state index contributed by atoms with van der Waals surface area (Å²) in [6.45, 7) is 0. The summed E-state index contributed by atoms with van der Waals surface area (Å²) < 4.78 is 0. The largest absolute Gasteiger partial charge is 0.524 e. The Balaban J connectivity index is 0.000000845. The molecule has 0 fully saturated rings. The van der Waals surface area contributed by atoms with E-state index in [1.807, 2.05) is 12.1 Å². The number of amides is 1. The third-order valence-corrected chi connectivity index (χ3v) is 2.37. The molecule has 0 bridgehead atoms. The molecule has 1 amide bonds. The standard InChI is InChI=1S/C10H10NO.Y/c12-7-11-10-6-5-8-3-1-2-4-9(8)10;/h1-4,10H,5-6H2,(H,11,12);/q-1;. The Morgan fingerprint density at radius 1 is 1.38 bits per heavy atom. The summed E-state index contributed by atoms with van der Waals surface area (Å²) in [4.78, 5) is 10.1. The topological polar surface area (TPSA) is 29.1 Å². The van der Waals surface area contributed by atoms with Crippen molar-refractivity contribution in [3.8, 4) is 0 Å². The third kappa shape index (κ3) is 2.18. The molecule has 0 saturated heterocycles. The Morgan fingerprint density at radius 2 is 2.15 bits per heavy atom. The van der Waals surface area contributed by atoms with Gasteiger partial charge in [-0.15, -0.1) is 0 Å². The SMILES string of the molecule is O=[C-]NC1CCc2ccccc21.[Y]. The van der Waals surface area contributed by atoms with E-state index in [0.29, 0.717) is 0 Å². The fourth-order valence-electron chi connectivity index (χ4n) is 1.78. The Bertz CT molecular complexity index is 301. The first-order chi connectivity index (χ1) is 5.92. The monoisotopic (exact) mass is 249 g/mol. The first-order valence-corrected chi connectivity index (χ1v) is 4.12. The molecule has 1 unspecified atom stereocenters. The molecule has 1 aliphatic carbocycles. The molecule has 2 rings (SSSR count). The molecule has 1 N–H and O–H groups in total. The van der Waals surface area contributed by atoms with Gasteiger partial charge < -0.3 is 10.1 Å². The van der Waals surface area contributed by atoms with Crippen molar-refractivity contribution in [2.24, 2.45) is 0 Å². The smallest absolute Gasteiger partial charge is 0.0239 e. The van der Waals surface area contributed by atoms with Gasteiger partial charge in [-0.3, -0.25) is 0 Å². The zero-order valence-corrected chi connectivity index (χ0v) is 10.1. The number of carbonyl (C=O) groups excluding carboxylic acids is 1. The van der Waals surface area contributed by atoms with Gasteiger partial charge in [0.05, 0.1) is 0 Å². The second-order valence-electron chi connectivity index (χ2n) is 3.04. The molecular weight excluding hydrogens is 239 g/mol. The second-order valence-corrected chi connectivity index (χ2v) is 3.04. The number of hydrogen-bond acceptors (Lipinski definition) is 1. The van der Waals surface area contributed by atoms with Gasteiger partial charge in [0, 0.05) is 38.8 Å². The normalized spacial score (nSPS) is 18.6. The Morgan fingerprint density at radius 3 is 2.92 bits per heavy atom. The summed E-state index contributed by atoms with van der Waals surface area (Å²) in [6, 6.07) is 8.41. The first kappa shape index (κ1) is 10.9. The van der Waals surface area contributed by atoms with Gasteiger partial charge in [0.2, 0.25) is 0 Å². The van der Waals surface area contributed by atoms with Crippen molar-refractivity contribution in [2.45, 2.75) is 18.9 Å². The quantitative estimate of drug-likeness (QED) is 0.621. The van der Waals surface area contributed by atoms with Crippen LogP contribution in [0.1, 0.15) is 23.6 Å². The van der Waals surface area contributed by atoms with Crippen LogP contribution < -0.4 is 5.32 Å². The molecule has 0 saturated carbocycles. The van der Waals surface area contributed by atoms with E-state index in [9.17, 15) is 4.79 Å². The molecule has 2 nitrogen and oxygen atoms in total. The van der Waals surface area contributed by atoms with E-state index >= 15 is 0 Å². The number of rotatable bonds is 2. The summed E-state index contributed by atoms with van der Waals surface area (Å²) in [5.74, 6) is 0. The van der Waals surface area contributed by atoms with Crippen molar-refractivity contribution in [1.82, 2.24) is 5.32 Å². The van der Waals surface area contributed by atoms with Crippen molar-refractivity contribution in [1.29, 1.82) is 0 Å². The predicted molar refractivity (Wildman–Crippen MR) is 46.3 cm³/mol. The van der Waals surface area contributed by atoms with Crippen LogP contribution in [0.3, 0.4) is 0 Å². The zero-order valence-electron chi connectivity index (χ0n) is 7.29. The number of fused-ring (bicyclic) bond motifs is 1. The Labute approximate surface area is 103 Å². The van der Waals surface area contributed by atoms with Crippen molar-refractivity contribution in [2.75, 3.05) is 0 Å². The van der Waals surface area contributed by atoms with Crippen molar-refractivity contribution in [3.05, 3.63) is 35.4 Å². The van der Waals surface area contributed by atoms with Gasteiger partial charge in [-0.05, 0) is 24.0 Å². The van der Waals surface area contributed by atoms with Crippen LogP contribution >= 0.6 is 0 Å². The second kappa shape index (κ2) is 4.87. The Hall–Kier alpha value is -0.206. The van der Waals surface area contributed by atoms with Crippen LogP contribution in [0.2, 0.25) is 0 Å². The molecule has 1 aliphatic rings. The first-order valence-electron chi connectivity index (χ1n) is 4.12. The van der Waals surface area contributed by atoms with E-state index in [1.54, 1.807) is 6.41 Å². The summed E-state index contributed by atoms with van der Waals surface area (Å²) in [7, 11) is 0. The molecule has 1 atom stereocenters. The number of benzene rings is 1. The molecule has 65 valence electrons. The van der Waals surface area contributed by atoms with E-state index < -0.39 is 0 Å². The van der Waals surface area contributed by atoms with Gasteiger partial charge in [0.25, 0.3) is 0 Å². The van der Waals surface area contributed by atoms with Crippen molar-refractivity contribution in [3.63, 3.8) is 0 Å². The minimum absolute atomic E-state index is 0. The summed E-state index contributed by atoms with van der Waals surface area (Å²) >= 11 is 0. The van der Waals surface area contributed by atoms with Gasteiger partial charge in [-0.2, -0.15) is 6.41 Å². The van der Waals surface area contributed by atoms with Gasteiger partial charge in [0.15, 0.2) is 0 Å². The maximum Gasteiger partial charge on any atom is 0.0239 e. The van der Waals surface area contributed by atoms with E-state index in [0.717, 1.165) is 12.8 Å². The van der Waals surface area contributed by atoms with Gasteiger partial charge >= 0.3 is 0 Å². The summed E-state index contributed by atoms with van der Waals surface area (Å²) in [5.41, 5.74) is 2.60. The van der Waals surface area contributed by atoms with Gasteiger partial charge in [-0.1, -0.05) is 24.3 Å². The molecule has 1 aromatic rings. The fraction of sp³-hybridized carbons (Fsp3) is 0.300. The van der Waals surface area contributed by atoms with E-state index in [1.165, 1.54) is 11.1 Å². The van der Waals surface area contributed by atoms with E-state index in [2.05, 4.69) is 17.4 Å². The molecule has 3 heteroatoms. The summed E-state index contributed by atoms with van der Waals surface area (Å²) in [5, 5.41) is 2.70. The summed E-state index contributed by atoms with van der Waals surface area (Å²) in [6.07, 6.45) is 3.82. The fourth-order valence-corrected chi connectivity index (χ4v) is 1.78. The molecule has 1 radical (unpaired) electrons. The molecule has 1 aromatic carbocycles. The minimum Gasteiger partial charge on any atom is -0.524 e. The number of nitrogens with one attached hydrogen (secondary N) is 1. The minimum atomic E-state index is 0. The van der Waals surface area contributed by atoms with Crippen LogP contribution in [0, 0.1) is 0 Å². The van der Waals surface area contributed by atoms with E-state index in [-0.39, 0.29) is 38.8 Å². The van der Waals surface area contributed by atoms with Crippen LogP contribution in [-0.4, -0.2) is 6.41 Å². The maximum atomic E-state index is 10.1. The number of aryl methyl sites for hydroxylation is 1. The van der Waals surface area contributed by atoms with Crippen LogP contribution in [0.5, 0.6) is 0 Å². The molecular formula is C10H10NOY-. The molecule has 0 aromatic heterocycles. The van der Waals surface area contributed by atoms with Gasteiger partial charge in [-0.25, -0.2) is 0 Å². The van der Waals surface area contributed by atoms with Crippen LogP contribution in [0.15, 0.2) is 24.3 Å². The molecule has 13 heavy (non-hydrogen) atoms. The zero-order chi connectivity index (χ0) is 8.39. The maximum absolute atomic E-state index is 10.1. The predicted octanol–water partition coefficient (Wildman–Crippen LogP) is 1.33. The van der Waals surface area contributed by atoms with Crippen molar-refractivity contribution >= 4 is 6.41 Å². The molecule has 0 heterocycles. The molecule has 0 spiro atoms. The van der Waals surface area contributed by atoms with Crippen molar-refractivity contribution < 1.29 is 37.5 Å². The third-order valence-electron chi connectivity index (χ3n) is 2.37.